The third-order valence-corrected chi connectivity index (χ3v) is 6.00. The summed E-state index contributed by atoms with van der Waals surface area (Å²) in [7, 11) is 0. The van der Waals surface area contributed by atoms with Gasteiger partial charge in [-0.2, -0.15) is 0 Å². The van der Waals surface area contributed by atoms with Crippen LogP contribution >= 0.6 is 0 Å². The van der Waals surface area contributed by atoms with E-state index in [4.69, 9.17) is 9.47 Å². The highest BCUT2D eigenvalue weighted by atomic mass is 19.1. The van der Waals surface area contributed by atoms with Crippen LogP contribution in [0.15, 0.2) is 48.8 Å². The van der Waals surface area contributed by atoms with E-state index in [1.807, 2.05) is 37.3 Å². The highest BCUT2D eigenvalue weighted by molar-refractivity contribution is 5.76. The zero-order valence-electron chi connectivity index (χ0n) is 19.2. The summed E-state index contributed by atoms with van der Waals surface area (Å²) in [6.45, 7) is 7.19. The SMILES string of the molecule is CCc1ccc2nnn(Cc3cccc(-c4ncc(OCCN5CCOCC5)cn4)c3)c2c1F. The molecule has 0 N–H and O–H groups in total. The van der Waals surface area contributed by atoms with Gasteiger partial charge in [0.25, 0.3) is 0 Å². The summed E-state index contributed by atoms with van der Waals surface area (Å²) >= 11 is 0. The molecule has 0 bridgehead atoms. The Hall–Kier alpha value is -3.43. The van der Waals surface area contributed by atoms with Crippen molar-refractivity contribution in [2.75, 3.05) is 39.5 Å². The Bertz CT molecular complexity index is 1250. The molecule has 0 aliphatic carbocycles. The molecule has 1 aliphatic heterocycles. The molecule has 4 aromatic rings. The van der Waals surface area contributed by atoms with E-state index in [2.05, 4.69) is 25.2 Å². The van der Waals surface area contributed by atoms with Crippen molar-refractivity contribution in [2.45, 2.75) is 19.9 Å². The average molecular weight is 463 g/mol. The van der Waals surface area contributed by atoms with Crippen molar-refractivity contribution in [1.29, 1.82) is 0 Å². The Labute approximate surface area is 197 Å². The quantitative estimate of drug-likeness (QED) is 0.397. The molecule has 3 heterocycles. The molecule has 0 saturated carbocycles. The van der Waals surface area contributed by atoms with E-state index in [1.165, 1.54) is 0 Å². The molecule has 0 unspecified atom stereocenters. The van der Waals surface area contributed by atoms with Crippen molar-refractivity contribution < 1.29 is 13.9 Å². The Kier molecular flexibility index (Phi) is 6.73. The number of fused-ring (bicyclic) bond motifs is 1. The Balaban J connectivity index is 1.26. The van der Waals surface area contributed by atoms with Crippen LogP contribution in [0, 0.1) is 5.82 Å². The fourth-order valence-electron chi connectivity index (χ4n) is 4.09. The molecular formula is C25H27FN6O2. The van der Waals surface area contributed by atoms with Crippen LogP contribution in [0.5, 0.6) is 5.75 Å². The minimum atomic E-state index is -0.256. The minimum Gasteiger partial charge on any atom is -0.489 e. The van der Waals surface area contributed by atoms with Gasteiger partial charge in [0.05, 0.1) is 32.2 Å². The fourth-order valence-corrected chi connectivity index (χ4v) is 4.09. The van der Waals surface area contributed by atoms with Crippen molar-refractivity contribution in [3.05, 3.63) is 65.7 Å². The summed E-state index contributed by atoms with van der Waals surface area (Å²) in [5.74, 6) is 0.989. The van der Waals surface area contributed by atoms with Gasteiger partial charge < -0.3 is 9.47 Å². The van der Waals surface area contributed by atoms with Gasteiger partial charge in [-0.15, -0.1) is 5.10 Å². The molecule has 8 nitrogen and oxygen atoms in total. The molecule has 1 saturated heterocycles. The van der Waals surface area contributed by atoms with Gasteiger partial charge in [0.2, 0.25) is 0 Å². The second kappa shape index (κ2) is 10.2. The van der Waals surface area contributed by atoms with E-state index in [9.17, 15) is 4.39 Å². The smallest absolute Gasteiger partial charge is 0.159 e. The molecule has 0 radical (unpaired) electrons. The molecule has 1 aliphatic rings. The molecule has 9 heteroatoms. The maximum absolute atomic E-state index is 14.9. The van der Waals surface area contributed by atoms with Gasteiger partial charge in [-0.25, -0.2) is 19.0 Å². The van der Waals surface area contributed by atoms with Gasteiger partial charge in [-0.1, -0.05) is 36.4 Å². The van der Waals surface area contributed by atoms with Gasteiger partial charge in [-0.05, 0) is 29.7 Å². The second-order valence-corrected chi connectivity index (χ2v) is 8.25. The second-order valence-electron chi connectivity index (χ2n) is 8.25. The van der Waals surface area contributed by atoms with E-state index in [0.29, 0.717) is 47.7 Å². The number of halogens is 1. The summed E-state index contributed by atoms with van der Waals surface area (Å²) < 4.78 is 27.7. The lowest BCUT2D eigenvalue weighted by atomic mass is 10.1. The fraction of sp³-hybridized carbons (Fsp3) is 0.360. The van der Waals surface area contributed by atoms with Crippen molar-refractivity contribution >= 4 is 11.0 Å². The summed E-state index contributed by atoms with van der Waals surface area (Å²) in [5.41, 5.74) is 3.47. The zero-order chi connectivity index (χ0) is 23.3. The van der Waals surface area contributed by atoms with Crippen LogP contribution in [0.3, 0.4) is 0 Å². The molecule has 0 atom stereocenters. The normalized spacial score (nSPS) is 14.5. The van der Waals surface area contributed by atoms with Gasteiger partial charge in [0.15, 0.2) is 17.4 Å². The van der Waals surface area contributed by atoms with Crippen LogP contribution in [-0.2, 0) is 17.7 Å². The number of ether oxygens (including phenoxy) is 2. The number of aromatic nitrogens is 5. The number of aryl methyl sites for hydroxylation is 1. The first kappa shape index (κ1) is 22.4. The van der Waals surface area contributed by atoms with Crippen LogP contribution in [0.4, 0.5) is 4.39 Å². The van der Waals surface area contributed by atoms with Gasteiger partial charge in [0, 0.05) is 25.2 Å². The number of nitrogens with zero attached hydrogens (tertiary/aromatic N) is 6. The van der Waals surface area contributed by atoms with E-state index in [0.717, 1.165) is 44.0 Å². The third kappa shape index (κ3) is 4.90. The van der Waals surface area contributed by atoms with Crippen LogP contribution < -0.4 is 4.74 Å². The lowest BCUT2D eigenvalue weighted by Crippen LogP contribution is -2.38. The van der Waals surface area contributed by atoms with Gasteiger partial charge >= 0.3 is 0 Å². The molecule has 34 heavy (non-hydrogen) atoms. The van der Waals surface area contributed by atoms with Crippen LogP contribution in [0.1, 0.15) is 18.1 Å². The average Bonchev–Trinajstić information content (AvgIpc) is 3.29. The molecule has 176 valence electrons. The predicted octanol–water partition coefficient (Wildman–Crippen LogP) is 3.35. The maximum Gasteiger partial charge on any atom is 0.159 e. The monoisotopic (exact) mass is 462 g/mol. The Morgan fingerprint density at radius 1 is 1.09 bits per heavy atom. The van der Waals surface area contributed by atoms with E-state index < -0.39 is 0 Å². The predicted molar refractivity (Wildman–Crippen MR) is 126 cm³/mol. The molecule has 0 spiro atoms. The number of hydrogen-bond donors (Lipinski definition) is 0. The summed E-state index contributed by atoms with van der Waals surface area (Å²) in [6, 6.07) is 11.4. The summed E-state index contributed by atoms with van der Waals surface area (Å²) in [4.78, 5) is 11.3. The standard InChI is InChI=1S/C25H27FN6O2/c1-2-19-6-7-22-24(23(19)26)32(30-29-22)17-18-4-3-5-20(14-18)25-27-15-21(16-28-25)34-13-10-31-8-11-33-12-9-31/h3-7,14-16H,2,8-13,17H2,1H3. The molecular weight excluding hydrogens is 435 g/mol. The van der Waals surface area contributed by atoms with Crippen molar-refractivity contribution in [3.8, 4) is 17.1 Å². The summed E-state index contributed by atoms with van der Waals surface area (Å²) in [6.07, 6.45) is 4.01. The van der Waals surface area contributed by atoms with Crippen molar-refractivity contribution in [1.82, 2.24) is 29.9 Å². The molecule has 0 amide bonds. The van der Waals surface area contributed by atoms with E-state index in [1.54, 1.807) is 23.1 Å². The first-order valence-electron chi connectivity index (χ1n) is 11.6. The topological polar surface area (TPSA) is 78.2 Å². The molecule has 2 aromatic heterocycles. The van der Waals surface area contributed by atoms with Gasteiger partial charge in [0.1, 0.15) is 17.6 Å². The number of rotatable bonds is 8. The van der Waals surface area contributed by atoms with Crippen molar-refractivity contribution in [2.24, 2.45) is 0 Å². The highest BCUT2D eigenvalue weighted by Gasteiger charge is 2.14. The maximum atomic E-state index is 14.9. The first-order chi connectivity index (χ1) is 16.7. The van der Waals surface area contributed by atoms with Gasteiger partial charge in [-0.3, -0.25) is 4.90 Å². The lowest BCUT2D eigenvalue weighted by Gasteiger charge is -2.26. The van der Waals surface area contributed by atoms with Crippen LogP contribution in [0.25, 0.3) is 22.4 Å². The minimum absolute atomic E-state index is 0.256. The zero-order valence-corrected chi connectivity index (χ0v) is 19.2. The molecule has 5 rings (SSSR count). The number of hydrogen-bond acceptors (Lipinski definition) is 7. The van der Waals surface area contributed by atoms with Crippen molar-refractivity contribution in [3.63, 3.8) is 0 Å². The van der Waals surface area contributed by atoms with E-state index in [-0.39, 0.29) is 5.82 Å². The third-order valence-electron chi connectivity index (χ3n) is 6.00. The van der Waals surface area contributed by atoms with Crippen LogP contribution in [0.2, 0.25) is 0 Å². The Morgan fingerprint density at radius 2 is 1.91 bits per heavy atom. The van der Waals surface area contributed by atoms with E-state index >= 15 is 0 Å². The largest absolute Gasteiger partial charge is 0.489 e. The summed E-state index contributed by atoms with van der Waals surface area (Å²) in [5, 5.41) is 8.29. The van der Waals surface area contributed by atoms with Crippen LogP contribution in [-0.4, -0.2) is 69.3 Å². The molecule has 1 fully saturated rings. The first-order valence-corrected chi connectivity index (χ1v) is 11.6. The lowest BCUT2D eigenvalue weighted by molar-refractivity contribution is 0.0322. The molecule has 2 aromatic carbocycles. The number of morpholine rings is 1. The Morgan fingerprint density at radius 3 is 2.71 bits per heavy atom. The number of benzene rings is 2. The highest BCUT2D eigenvalue weighted by Crippen LogP contribution is 2.22.